The van der Waals surface area contributed by atoms with E-state index in [0.29, 0.717) is 32.2 Å². The number of hydrogen-bond donors (Lipinski definition) is 4. The van der Waals surface area contributed by atoms with Crippen molar-refractivity contribution in [2.45, 2.75) is 83.4 Å². The summed E-state index contributed by atoms with van der Waals surface area (Å²) in [7, 11) is 0. The SMILES string of the molecule is C#CCCCC(=O)N[C@H](Cc1ccccc1)C(=O)N[C@@H](CCCCNC(=O)OC(C)(C)C)C(=O)O. The van der Waals surface area contributed by atoms with E-state index in [9.17, 15) is 24.3 Å². The molecule has 35 heavy (non-hydrogen) atoms. The Hall–Kier alpha value is -3.54. The summed E-state index contributed by atoms with van der Waals surface area (Å²) in [6.07, 6.45) is 7.16. The fraction of sp³-hybridized carbons (Fsp3) is 0.538. The Morgan fingerprint density at radius 3 is 2.31 bits per heavy atom. The minimum atomic E-state index is -1.17. The molecule has 9 heteroatoms. The zero-order valence-corrected chi connectivity index (χ0v) is 20.8. The number of carbonyl (C=O) groups is 4. The number of ether oxygens (including phenoxy) is 1. The number of benzene rings is 1. The third-order valence-electron chi connectivity index (χ3n) is 4.86. The number of terminal acetylenes is 1. The summed E-state index contributed by atoms with van der Waals surface area (Å²) in [5, 5.41) is 17.4. The number of amides is 3. The highest BCUT2D eigenvalue weighted by molar-refractivity contribution is 5.90. The van der Waals surface area contributed by atoms with Crippen LogP contribution in [0.4, 0.5) is 4.79 Å². The second-order valence-electron chi connectivity index (χ2n) is 9.19. The quantitative estimate of drug-likeness (QED) is 0.236. The van der Waals surface area contributed by atoms with Gasteiger partial charge in [-0.2, -0.15) is 0 Å². The fourth-order valence-corrected chi connectivity index (χ4v) is 3.18. The average molecular weight is 488 g/mol. The number of carbonyl (C=O) groups excluding carboxylic acids is 3. The number of rotatable bonds is 14. The average Bonchev–Trinajstić information content (AvgIpc) is 2.77. The highest BCUT2D eigenvalue weighted by Gasteiger charge is 2.26. The molecule has 1 aromatic rings. The summed E-state index contributed by atoms with van der Waals surface area (Å²) in [5.41, 5.74) is 0.229. The van der Waals surface area contributed by atoms with E-state index < -0.39 is 35.7 Å². The molecule has 0 radical (unpaired) electrons. The Bertz CT molecular complexity index is 873. The van der Waals surface area contributed by atoms with Crippen molar-refractivity contribution in [3.8, 4) is 12.3 Å². The van der Waals surface area contributed by atoms with Crippen molar-refractivity contribution in [3.63, 3.8) is 0 Å². The molecule has 0 aliphatic heterocycles. The van der Waals surface area contributed by atoms with Crippen molar-refractivity contribution < 1.29 is 29.0 Å². The lowest BCUT2D eigenvalue weighted by atomic mass is 10.0. The summed E-state index contributed by atoms with van der Waals surface area (Å²) < 4.78 is 5.15. The fourth-order valence-electron chi connectivity index (χ4n) is 3.18. The van der Waals surface area contributed by atoms with Gasteiger partial charge in [-0.15, -0.1) is 12.3 Å². The van der Waals surface area contributed by atoms with Crippen LogP contribution in [0.3, 0.4) is 0 Å². The molecule has 0 aliphatic rings. The first-order valence-electron chi connectivity index (χ1n) is 11.8. The summed E-state index contributed by atoms with van der Waals surface area (Å²) in [4.78, 5) is 48.7. The predicted molar refractivity (Wildman–Crippen MR) is 132 cm³/mol. The van der Waals surface area contributed by atoms with Gasteiger partial charge in [0.15, 0.2) is 0 Å². The minimum absolute atomic E-state index is 0.172. The summed E-state index contributed by atoms with van der Waals surface area (Å²) in [5.74, 6) is 0.404. The van der Waals surface area contributed by atoms with E-state index in [1.165, 1.54) is 0 Å². The van der Waals surface area contributed by atoms with E-state index in [-0.39, 0.29) is 25.2 Å². The third kappa shape index (κ3) is 13.7. The van der Waals surface area contributed by atoms with E-state index in [4.69, 9.17) is 11.2 Å². The predicted octanol–water partition coefficient (Wildman–Crippen LogP) is 2.78. The van der Waals surface area contributed by atoms with Gasteiger partial charge in [-0.25, -0.2) is 9.59 Å². The van der Waals surface area contributed by atoms with Gasteiger partial charge < -0.3 is 25.8 Å². The molecule has 0 heterocycles. The van der Waals surface area contributed by atoms with E-state index in [1.54, 1.807) is 20.8 Å². The highest BCUT2D eigenvalue weighted by Crippen LogP contribution is 2.08. The van der Waals surface area contributed by atoms with E-state index in [2.05, 4.69) is 21.9 Å². The Balaban J connectivity index is 2.65. The smallest absolute Gasteiger partial charge is 0.407 e. The number of nitrogens with one attached hydrogen (secondary N) is 3. The molecule has 0 fully saturated rings. The summed E-state index contributed by atoms with van der Waals surface area (Å²) in [6, 6.07) is 7.10. The maximum absolute atomic E-state index is 12.9. The molecule has 192 valence electrons. The molecule has 1 rings (SSSR count). The highest BCUT2D eigenvalue weighted by atomic mass is 16.6. The first kappa shape index (κ1) is 29.5. The van der Waals surface area contributed by atoms with Gasteiger partial charge in [0.1, 0.15) is 17.7 Å². The van der Waals surface area contributed by atoms with Crippen LogP contribution >= 0.6 is 0 Å². The van der Waals surface area contributed by atoms with Crippen LogP contribution < -0.4 is 16.0 Å². The Kier molecular flexibility index (Phi) is 13.0. The van der Waals surface area contributed by atoms with Crippen molar-refractivity contribution in [2.24, 2.45) is 0 Å². The topological polar surface area (TPSA) is 134 Å². The molecule has 0 saturated heterocycles. The normalized spacial score (nSPS) is 12.5. The second kappa shape index (κ2) is 15.4. The largest absolute Gasteiger partial charge is 0.480 e. The van der Waals surface area contributed by atoms with Gasteiger partial charge in [0.25, 0.3) is 0 Å². The maximum atomic E-state index is 12.9. The lowest BCUT2D eigenvalue weighted by molar-refractivity contribution is -0.142. The molecular formula is C26H37N3O6. The van der Waals surface area contributed by atoms with Gasteiger partial charge in [0, 0.05) is 25.8 Å². The zero-order chi connectivity index (χ0) is 26.3. The van der Waals surface area contributed by atoms with E-state index in [1.807, 2.05) is 30.3 Å². The molecule has 0 bridgehead atoms. The van der Waals surface area contributed by atoms with Crippen molar-refractivity contribution >= 4 is 23.9 Å². The van der Waals surface area contributed by atoms with Crippen molar-refractivity contribution in [1.82, 2.24) is 16.0 Å². The molecular weight excluding hydrogens is 450 g/mol. The molecule has 0 aliphatic carbocycles. The lowest BCUT2D eigenvalue weighted by Gasteiger charge is -2.22. The van der Waals surface area contributed by atoms with Crippen molar-refractivity contribution in [1.29, 1.82) is 0 Å². The van der Waals surface area contributed by atoms with Crippen LogP contribution in [0, 0.1) is 12.3 Å². The summed E-state index contributed by atoms with van der Waals surface area (Å²) >= 11 is 0. The van der Waals surface area contributed by atoms with Crippen LogP contribution in [-0.2, 0) is 25.5 Å². The van der Waals surface area contributed by atoms with Gasteiger partial charge in [0.05, 0.1) is 0 Å². The van der Waals surface area contributed by atoms with E-state index in [0.717, 1.165) is 5.56 Å². The number of alkyl carbamates (subject to hydrolysis) is 1. The molecule has 0 unspecified atom stereocenters. The van der Waals surface area contributed by atoms with Crippen molar-refractivity contribution in [3.05, 3.63) is 35.9 Å². The third-order valence-corrected chi connectivity index (χ3v) is 4.86. The molecule has 2 atom stereocenters. The van der Waals surface area contributed by atoms with Gasteiger partial charge in [-0.05, 0) is 52.0 Å². The molecule has 4 N–H and O–H groups in total. The zero-order valence-electron chi connectivity index (χ0n) is 20.8. The lowest BCUT2D eigenvalue weighted by Crippen LogP contribution is -2.52. The minimum Gasteiger partial charge on any atom is -0.480 e. The van der Waals surface area contributed by atoms with Crippen LogP contribution in [0.15, 0.2) is 30.3 Å². The first-order chi connectivity index (χ1) is 16.5. The molecule has 9 nitrogen and oxygen atoms in total. The Morgan fingerprint density at radius 1 is 1.03 bits per heavy atom. The molecule has 0 spiro atoms. The van der Waals surface area contributed by atoms with Gasteiger partial charge in [0.2, 0.25) is 11.8 Å². The Morgan fingerprint density at radius 2 is 1.71 bits per heavy atom. The van der Waals surface area contributed by atoms with Crippen LogP contribution in [0.2, 0.25) is 0 Å². The van der Waals surface area contributed by atoms with Gasteiger partial charge in [-0.1, -0.05) is 30.3 Å². The summed E-state index contributed by atoms with van der Waals surface area (Å²) in [6.45, 7) is 5.60. The van der Waals surface area contributed by atoms with Crippen LogP contribution in [0.1, 0.15) is 64.9 Å². The van der Waals surface area contributed by atoms with E-state index >= 15 is 0 Å². The number of carboxylic acid groups (broad SMARTS) is 1. The van der Waals surface area contributed by atoms with Crippen LogP contribution in [0.25, 0.3) is 0 Å². The maximum Gasteiger partial charge on any atom is 0.407 e. The first-order valence-corrected chi connectivity index (χ1v) is 11.8. The molecule has 0 aromatic heterocycles. The number of carboxylic acids is 1. The number of unbranched alkanes of at least 4 members (excludes halogenated alkanes) is 2. The second-order valence-corrected chi connectivity index (χ2v) is 9.19. The van der Waals surface area contributed by atoms with Crippen LogP contribution in [0.5, 0.6) is 0 Å². The molecule has 0 saturated carbocycles. The Labute approximate surface area is 207 Å². The van der Waals surface area contributed by atoms with Crippen LogP contribution in [-0.4, -0.2) is 53.2 Å². The molecule has 1 aromatic carbocycles. The van der Waals surface area contributed by atoms with Gasteiger partial charge >= 0.3 is 12.1 Å². The number of hydrogen-bond acceptors (Lipinski definition) is 5. The number of aliphatic carboxylic acids is 1. The monoisotopic (exact) mass is 487 g/mol. The van der Waals surface area contributed by atoms with Gasteiger partial charge in [-0.3, -0.25) is 9.59 Å². The molecule has 3 amide bonds. The van der Waals surface area contributed by atoms with Crippen molar-refractivity contribution in [2.75, 3.05) is 6.54 Å². The standard InChI is InChI=1S/C26H37N3O6/c1-5-6-8-16-22(30)28-21(18-19-13-9-7-10-14-19)23(31)29-20(24(32)33)15-11-12-17-27-25(34)35-26(2,3)4/h1,7,9-10,13-14,20-21H,6,8,11-12,15-18H2,2-4H3,(H,27,34)(H,28,30)(H,29,31)(H,32,33)/t20-,21+/m0/s1.